The first-order valence-corrected chi connectivity index (χ1v) is 8.36. The molecule has 0 fully saturated rings. The Bertz CT molecular complexity index is 632. The second-order valence-corrected chi connectivity index (χ2v) is 6.03. The first-order valence-electron chi connectivity index (χ1n) is 7.98. The fourth-order valence-electron chi connectivity index (χ4n) is 2.23. The molecule has 0 saturated heterocycles. The molecular formula is C19H23ClO5. The minimum Gasteiger partial charge on any atom is -0.497 e. The van der Waals surface area contributed by atoms with Gasteiger partial charge in [-0.25, -0.2) is 0 Å². The zero-order valence-corrected chi connectivity index (χ0v) is 14.9. The van der Waals surface area contributed by atoms with Crippen LogP contribution in [0, 0.1) is 0 Å². The van der Waals surface area contributed by atoms with Crippen molar-refractivity contribution in [2.75, 3.05) is 20.3 Å². The van der Waals surface area contributed by atoms with E-state index in [1.165, 1.54) is 0 Å². The van der Waals surface area contributed by atoms with Gasteiger partial charge in [-0.2, -0.15) is 0 Å². The van der Waals surface area contributed by atoms with Crippen molar-refractivity contribution < 1.29 is 24.4 Å². The fourth-order valence-corrected chi connectivity index (χ4v) is 2.45. The van der Waals surface area contributed by atoms with Gasteiger partial charge >= 0.3 is 0 Å². The number of benzene rings is 2. The zero-order chi connectivity index (χ0) is 18.1. The van der Waals surface area contributed by atoms with Gasteiger partial charge in [-0.3, -0.25) is 0 Å². The second-order valence-electron chi connectivity index (χ2n) is 5.59. The molecule has 2 aromatic rings. The van der Waals surface area contributed by atoms with E-state index in [1.807, 2.05) is 36.4 Å². The average Bonchev–Trinajstić information content (AvgIpc) is 2.64. The van der Waals surface area contributed by atoms with Crippen LogP contribution in [-0.4, -0.2) is 42.7 Å². The molecule has 2 N–H and O–H groups in total. The number of aliphatic hydroxyl groups excluding tert-OH is 2. The molecule has 5 nitrogen and oxygen atoms in total. The van der Waals surface area contributed by atoms with E-state index in [9.17, 15) is 10.2 Å². The summed E-state index contributed by atoms with van der Waals surface area (Å²) in [6, 6.07) is 14.8. The maximum absolute atomic E-state index is 9.92. The molecular weight excluding hydrogens is 344 g/mol. The third kappa shape index (κ3) is 6.65. The third-order valence-electron chi connectivity index (χ3n) is 3.68. The van der Waals surface area contributed by atoms with E-state index in [4.69, 9.17) is 25.8 Å². The average molecular weight is 367 g/mol. The highest BCUT2D eigenvalue weighted by Gasteiger charge is 2.19. The Morgan fingerprint density at radius 1 is 1.04 bits per heavy atom. The van der Waals surface area contributed by atoms with E-state index in [0.717, 1.165) is 16.9 Å². The predicted octanol–water partition coefficient (Wildman–Crippen LogP) is 2.80. The Labute approximate surface area is 152 Å². The lowest BCUT2D eigenvalue weighted by Gasteiger charge is -2.22. The molecule has 0 spiro atoms. The molecule has 0 radical (unpaired) electrons. The maximum atomic E-state index is 9.92. The molecule has 0 bridgehead atoms. The molecule has 0 aliphatic heterocycles. The minimum atomic E-state index is -1.02. The summed E-state index contributed by atoms with van der Waals surface area (Å²) in [5, 5.41) is 19.7. The highest BCUT2D eigenvalue weighted by Crippen LogP contribution is 2.15. The van der Waals surface area contributed by atoms with Crippen molar-refractivity contribution in [1.29, 1.82) is 0 Å². The van der Waals surface area contributed by atoms with E-state index in [-0.39, 0.29) is 13.2 Å². The van der Waals surface area contributed by atoms with E-state index in [2.05, 4.69) is 0 Å². The lowest BCUT2D eigenvalue weighted by Crippen LogP contribution is -2.36. The maximum Gasteiger partial charge on any atom is 0.118 e. The van der Waals surface area contributed by atoms with Crippen LogP contribution in [0.1, 0.15) is 11.1 Å². The van der Waals surface area contributed by atoms with E-state index < -0.39 is 18.8 Å². The van der Waals surface area contributed by atoms with Crippen LogP contribution in [0.5, 0.6) is 5.75 Å². The normalized spacial score (nSPS) is 13.4. The van der Waals surface area contributed by atoms with Crippen LogP contribution in [0.3, 0.4) is 0 Å². The van der Waals surface area contributed by atoms with E-state index >= 15 is 0 Å². The van der Waals surface area contributed by atoms with Crippen molar-refractivity contribution >= 4 is 11.6 Å². The molecule has 136 valence electrons. The molecule has 25 heavy (non-hydrogen) atoms. The summed E-state index contributed by atoms with van der Waals surface area (Å²) >= 11 is 5.94. The Balaban J connectivity index is 1.84. The highest BCUT2D eigenvalue weighted by molar-refractivity contribution is 6.30. The van der Waals surface area contributed by atoms with Crippen LogP contribution in [0.4, 0.5) is 0 Å². The molecule has 0 aromatic heterocycles. The number of ether oxygens (including phenoxy) is 3. The van der Waals surface area contributed by atoms with Gasteiger partial charge in [-0.05, 0) is 35.4 Å². The molecule has 0 heterocycles. The van der Waals surface area contributed by atoms with Crippen molar-refractivity contribution in [2.45, 2.75) is 25.4 Å². The molecule has 0 unspecified atom stereocenters. The van der Waals surface area contributed by atoms with Crippen LogP contribution in [0.25, 0.3) is 0 Å². The monoisotopic (exact) mass is 366 g/mol. The Morgan fingerprint density at radius 2 is 1.80 bits per heavy atom. The summed E-state index contributed by atoms with van der Waals surface area (Å²) in [5.41, 5.74) is 1.87. The van der Waals surface area contributed by atoms with Gasteiger partial charge in [0, 0.05) is 5.02 Å². The van der Waals surface area contributed by atoms with Gasteiger partial charge in [0.05, 0.1) is 33.5 Å². The number of hydrogen-bond acceptors (Lipinski definition) is 5. The smallest absolute Gasteiger partial charge is 0.118 e. The summed E-state index contributed by atoms with van der Waals surface area (Å²) in [7, 11) is 1.61. The molecule has 2 atom stereocenters. The number of halogens is 1. The highest BCUT2D eigenvalue weighted by atomic mass is 35.5. The first kappa shape index (κ1) is 19.7. The number of methoxy groups -OCH3 is 1. The summed E-state index contributed by atoms with van der Waals surface area (Å²) in [4.78, 5) is 0. The van der Waals surface area contributed by atoms with Crippen LogP contribution < -0.4 is 4.74 Å². The predicted molar refractivity (Wildman–Crippen MR) is 95.8 cm³/mol. The van der Waals surface area contributed by atoms with Gasteiger partial charge in [0.15, 0.2) is 0 Å². The number of hydrogen-bond donors (Lipinski definition) is 2. The van der Waals surface area contributed by atoms with Gasteiger partial charge in [0.1, 0.15) is 18.0 Å². The Kier molecular flexibility index (Phi) is 8.18. The van der Waals surface area contributed by atoms with Crippen LogP contribution in [-0.2, 0) is 22.7 Å². The van der Waals surface area contributed by atoms with Gasteiger partial charge in [0.2, 0.25) is 0 Å². The summed E-state index contributed by atoms with van der Waals surface area (Å²) < 4.78 is 16.4. The van der Waals surface area contributed by atoms with Crippen LogP contribution in [0.2, 0.25) is 5.02 Å². The minimum absolute atomic E-state index is 0.161. The fraction of sp³-hybridized carbons (Fsp3) is 0.368. The van der Waals surface area contributed by atoms with Crippen molar-refractivity contribution in [3.63, 3.8) is 0 Å². The van der Waals surface area contributed by atoms with Gasteiger partial charge in [-0.15, -0.1) is 0 Å². The first-order chi connectivity index (χ1) is 12.1. The van der Waals surface area contributed by atoms with Crippen molar-refractivity contribution in [3.05, 3.63) is 64.7 Å². The van der Waals surface area contributed by atoms with Crippen molar-refractivity contribution in [1.82, 2.24) is 0 Å². The Morgan fingerprint density at radius 3 is 2.44 bits per heavy atom. The van der Waals surface area contributed by atoms with Gasteiger partial charge in [0.25, 0.3) is 0 Å². The number of rotatable bonds is 10. The molecule has 0 aliphatic carbocycles. The summed E-state index contributed by atoms with van der Waals surface area (Å²) in [5.74, 6) is 0.780. The van der Waals surface area contributed by atoms with Crippen molar-refractivity contribution in [2.24, 2.45) is 0 Å². The molecule has 2 aromatic carbocycles. The molecule has 0 aliphatic rings. The second kappa shape index (κ2) is 10.4. The molecule has 0 saturated carbocycles. The molecule has 2 rings (SSSR count). The molecule has 6 heteroatoms. The molecule has 0 amide bonds. The largest absolute Gasteiger partial charge is 0.497 e. The van der Waals surface area contributed by atoms with E-state index in [1.54, 1.807) is 19.2 Å². The third-order valence-corrected chi connectivity index (χ3v) is 3.91. The lowest BCUT2D eigenvalue weighted by atomic mass is 10.2. The van der Waals surface area contributed by atoms with E-state index in [0.29, 0.717) is 11.6 Å². The topological polar surface area (TPSA) is 68.2 Å². The Hall–Kier alpha value is -1.63. The van der Waals surface area contributed by atoms with Crippen molar-refractivity contribution in [3.8, 4) is 5.75 Å². The van der Waals surface area contributed by atoms with Crippen LogP contribution >= 0.6 is 11.6 Å². The van der Waals surface area contributed by atoms with Gasteiger partial charge in [-0.1, -0.05) is 35.9 Å². The zero-order valence-electron chi connectivity index (χ0n) is 14.1. The number of aliphatic hydroxyl groups is 2. The quantitative estimate of drug-likeness (QED) is 0.676. The summed E-state index contributed by atoms with van der Waals surface area (Å²) in [6.07, 6.45) is -1.66. The van der Waals surface area contributed by atoms with Crippen LogP contribution in [0.15, 0.2) is 48.5 Å². The van der Waals surface area contributed by atoms with Gasteiger partial charge < -0.3 is 24.4 Å². The SMILES string of the molecule is COc1ccc(COC[C@H](OCc2cccc(Cl)c2)[C@H](O)CO)cc1. The summed E-state index contributed by atoms with van der Waals surface area (Å²) in [6.45, 7) is 0.410. The standard InChI is InChI=1S/C19H23ClO5/c1-23-17-7-5-14(6-8-17)11-24-13-19(18(22)10-21)25-12-15-3-2-4-16(20)9-15/h2-9,18-19,21-22H,10-13H2,1H3/t18-,19+/m1/s1. The lowest BCUT2D eigenvalue weighted by molar-refractivity contribution is -0.102.